The second-order valence-corrected chi connectivity index (χ2v) is 5.60. The summed E-state index contributed by atoms with van der Waals surface area (Å²) in [6.45, 7) is 7.30. The van der Waals surface area contributed by atoms with Gasteiger partial charge in [0.2, 0.25) is 0 Å². The summed E-state index contributed by atoms with van der Waals surface area (Å²) in [5.74, 6) is -0.762. The highest BCUT2D eigenvalue weighted by molar-refractivity contribution is 5.69. The van der Waals surface area contributed by atoms with Crippen molar-refractivity contribution >= 4 is 11.7 Å². The van der Waals surface area contributed by atoms with Crippen LogP contribution in [0.3, 0.4) is 0 Å². The van der Waals surface area contributed by atoms with Crippen molar-refractivity contribution in [2.45, 2.75) is 25.7 Å². The fraction of sp³-hybridized carbons (Fsp3) is 0.533. The number of nitrogens with zero attached hydrogens (tertiary/aromatic N) is 1. The molecule has 4 nitrogen and oxygen atoms in total. The van der Waals surface area contributed by atoms with Gasteiger partial charge in [-0.2, -0.15) is 0 Å². The van der Waals surface area contributed by atoms with Crippen molar-refractivity contribution in [1.82, 2.24) is 0 Å². The fourth-order valence-corrected chi connectivity index (χ4v) is 2.43. The molecule has 1 heterocycles. The summed E-state index contributed by atoms with van der Waals surface area (Å²) in [5, 5.41) is 8.95. The second kappa shape index (κ2) is 5.61. The summed E-state index contributed by atoms with van der Waals surface area (Å²) in [7, 11) is 0. The smallest absolute Gasteiger partial charge is 0.304 e. The number of hydrogen-bond acceptors (Lipinski definition) is 3. The van der Waals surface area contributed by atoms with Crippen LogP contribution in [-0.4, -0.2) is 37.4 Å². The lowest BCUT2D eigenvalue weighted by Crippen LogP contribution is -2.36. The van der Waals surface area contributed by atoms with Crippen molar-refractivity contribution in [3.05, 3.63) is 29.8 Å². The number of aliphatic carboxylic acids is 1. The van der Waals surface area contributed by atoms with Gasteiger partial charge in [0, 0.05) is 24.2 Å². The molecule has 1 N–H and O–H groups in total. The van der Waals surface area contributed by atoms with Crippen molar-refractivity contribution in [2.24, 2.45) is 0 Å². The molecule has 0 aliphatic carbocycles. The van der Waals surface area contributed by atoms with Gasteiger partial charge in [-0.3, -0.25) is 4.79 Å². The van der Waals surface area contributed by atoms with E-state index in [1.807, 2.05) is 26.0 Å². The molecule has 19 heavy (non-hydrogen) atoms. The molecule has 1 fully saturated rings. The maximum Gasteiger partial charge on any atom is 0.304 e. The van der Waals surface area contributed by atoms with Gasteiger partial charge in [0.25, 0.3) is 0 Å². The quantitative estimate of drug-likeness (QED) is 0.905. The van der Waals surface area contributed by atoms with E-state index in [9.17, 15) is 4.79 Å². The monoisotopic (exact) mass is 263 g/mol. The van der Waals surface area contributed by atoms with Crippen molar-refractivity contribution in [3.63, 3.8) is 0 Å². The van der Waals surface area contributed by atoms with Crippen molar-refractivity contribution in [3.8, 4) is 0 Å². The average molecular weight is 263 g/mol. The van der Waals surface area contributed by atoms with Crippen LogP contribution < -0.4 is 4.90 Å². The number of carboxylic acid groups (broad SMARTS) is 1. The normalized spacial score (nSPS) is 16.4. The number of ether oxygens (including phenoxy) is 1. The van der Waals surface area contributed by atoms with Crippen LogP contribution in [0.1, 0.15) is 25.8 Å². The van der Waals surface area contributed by atoms with E-state index in [0.717, 1.165) is 31.9 Å². The van der Waals surface area contributed by atoms with Crippen LogP contribution in [0.5, 0.6) is 0 Å². The minimum Gasteiger partial charge on any atom is -0.481 e. The van der Waals surface area contributed by atoms with Gasteiger partial charge in [-0.1, -0.05) is 26.0 Å². The number of hydrogen-bond donors (Lipinski definition) is 1. The van der Waals surface area contributed by atoms with Gasteiger partial charge in [-0.05, 0) is 17.7 Å². The minimum absolute atomic E-state index is 0.143. The largest absolute Gasteiger partial charge is 0.481 e. The van der Waals surface area contributed by atoms with E-state index < -0.39 is 5.97 Å². The van der Waals surface area contributed by atoms with E-state index >= 15 is 0 Å². The molecule has 0 aromatic heterocycles. The number of carboxylic acids is 1. The van der Waals surface area contributed by atoms with Crippen LogP contribution >= 0.6 is 0 Å². The third kappa shape index (κ3) is 3.47. The summed E-state index contributed by atoms with van der Waals surface area (Å²) in [5.41, 5.74) is 1.90. The third-order valence-electron chi connectivity index (χ3n) is 3.62. The summed E-state index contributed by atoms with van der Waals surface area (Å²) < 4.78 is 5.34. The summed E-state index contributed by atoms with van der Waals surface area (Å²) >= 11 is 0. The fourth-order valence-electron chi connectivity index (χ4n) is 2.43. The van der Waals surface area contributed by atoms with Gasteiger partial charge < -0.3 is 14.7 Å². The molecular weight excluding hydrogens is 242 g/mol. The first-order valence-corrected chi connectivity index (χ1v) is 6.64. The zero-order valence-corrected chi connectivity index (χ0v) is 11.6. The lowest BCUT2D eigenvalue weighted by atomic mass is 9.81. The van der Waals surface area contributed by atoms with E-state index in [-0.39, 0.29) is 11.8 Å². The molecule has 0 amide bonds. The average Bonchev–Trinajstić information content (AvgIpc) is 2.38. The Kier molecular flexibility index (Phi) is 4.10. The Morgan fingerprint density at radius 2 is 1.84 bits per heavy atom. The predicted octanol–water partition coefficient (Wildman–Crippen LogP) is 2.28. The molecule has 0 radical (unpaired) electrons. The molecule has 0 saturated carbocycles. The van der Waals surface area contributed by atoms with E-state index in [1.54, 1.807) is 0 Å². The molecule has 4 heteroatoms. The molecular formula is C15H21NO3. The summed E-state index contributed by atoms with van der Waals surface area (Å²) in [6, 6.07) is 8.22. The highest BCUT2D eigenvalue weighted by Gasteiger charge is 2.24. The third-order valence-corrected chi connectivity index (χ3v) is 3.62. The molecule has 1 aliphatic rings. The van der Waals surface area contributed by atoms with Crippen molar-refractivity contribution in [2.75, 3.05) is 31.2 Å². The molecule has 0 bridgehead atoms. The number of anilines is 1. The van der Waals surface area contributed by atoms with Crippen LogP contribution in [0.4, 0.5) is 5.69 Å². The molecule has 1 aliphatic heterocycles. The molecule has 0 unspecified atom stereocenters. The number of benzene rings is 1. The summed E-state index contributed by atoms with van der Waals surface area (Å²) in [4.78, 5) is 13.2. The van der Waals surface area contributed by atoms with Gasteiger partial charge in [0.1, 0.15) is 0 Å². The Hall–Kier alpha value is -1.55. The van der Waals surface area contributed by atoms with Crippen LogP contribution in [-0.2, 0) is 14.9 Å². The Labute approximate surface area is 114 Å². The first-order valence-electron chi connectivity index (χ1n) is 6.64. The molecule has 104 valence electrons. The zero-order valence-electron chi connectivity index (χ0n) is 11.6. The zero-order chi connectivity index (χ0) is 13.9. The topological polar surface area (TPSA) is 49.8 Å². The lowest BCUT2D eigenvalue weighted by molar-refractivity contribution is -0.138. The van der Waals surface area contributed by atoms with E-state index in [0.29, 0.717) is 0 Å². The van der Waals surface area contributed by atoms with E-state index in [4.69, 9.17) is 9.84 Å². The minimum atomic E-state index is -0.762. The highest BCUT2D eigenvalue weighted by atomic mass is 16.5. The molecule has 1 saturated heterocycles. The standard InChI is InChI=1S/C15H21NO3/c1-15(2,11-14(17)18)12-3-5-13(6-4-12)16-7-9-19-10-8-16/h3-6H,7-11H2,1-2H3,(H,17,18). The van der Waals surface area contributed by atoms with Crippen molar-refractivity contribution < 1.29 is 14.6 Å². The van der Waals surface area contributed by atoms with Crippen LogP contribution in [0.25, 0.3) is 0 Å². The molecule has 2 rings (SSSR count). The maximum absolute atomic E-state index is 10.9. The second-order valence-electron chi connectivity index (χ2n) is 5.60. The molecule has 1 aromatic carbocycles. The maximum atomic E-state index is 10.9. The Morgan fingerprint density at radius 3 is 2.37 bits per heavy atom. The lowest BCUT2D eigenvalue weighted by Gasteiger charge is -2.30. The molecule has 1 aromatic rings. The van der Waals surface area contributed by atoms with Crippen LogP contribution in [0.2, 0.25) is 0 Å². The van der Waals surface area contributed by atoms with E-state index in [2.05, 4.69) is 17.0 Å². The number of morpholine rings is 1. The molecule has 0 atom stereocenters. The first-order chi connectivity index (χ1) is 8.99. The first kappa shape index (κ1) is 13.9. The highest BCUT2D eigenvalue weighted by Crippen LogP contribution is 2.29. The SMILES string of the molecule is CC(C)(CC(=O)O)c1ccc(N2CCOCC2)cc1. The molecule has 0 spiro atoms. The van der Waals surface area contributed by atoms with Crippen LogP contribution in [0, 0.1) is 0 Å². The van der Waals surface area contributed by atoms with Gasteiger partial charge in [0.15, 0.2) is 0 Å². The predicted molar refractivity (Wildman–Crippen MR) is 74.8 cm³/mol. The Bertz CT molecular complexity index is 433. The number of rotatable bonds is 4. The van der Waals surface area contributed by atoms with Gasteiger partial charge in [-0.25, -0.2) is 0 Å². The number of carbonyl (C=O) groups is 1. The summed E-state index contributed by atoms with van der Waals surface area (Å²) in [6.07, 6.45) is 0.143. The van der Waals surface area contributed by atoms with E-state index in [1.165, 1.54) is 5.69 Å². The van der Waals surface area contributed by atoms with Crippen molar-refractivity contribution in [1.29, 1.82) is 0 Å². The van der Waals surface area contributed by atoms with Crippen LogP contribution in [0.15, 0.2) is 24.3 Å². The van der Waals surface area contributed by atoms with Gasteiger partial charge in [-0.15, -0.1) is 0 Å². The Morgan fingerprint density at radius 1 is 1.26 bits per heavy atom. The van der Waals surface area contributed by atoms with Gasteiger partial charge >= 0.3 is 5.97 Å². The van der Waals surface area contributed by atoms with Gasteiger partial charge in [0.05, 0.1) is 19.6 Å². The Balaban J connectivity index is 2.11.